The molecule has 2 aromatic rings. The van der Waals surface area contributed by atoms with Crippen LogP contribution in [0.15, 0.2) is 30.3 Å². The van der Waals surface area contributed by atoms with Crippen molar-refractivity contribution < 1.29 is 0 Å². The topological polar surface area (TPSA) is 3.24 Å². The van der Waals surface area contributed by atoms with E-state index >= 15 is 0 Å². The third-order valence-electron chi connectivity index (χ3n) is 3.77. The largest absolute Gasteiger partial charge is 0.344 e. The molecule has 0 amide bonds. The van der Waals surface area contributed by atoms with Crippen LogP contribution in [0.2, 0.25) is 0 Å². The van der Waals surface area contributed by atoms with Crippen molar-refractivity contribution in [1.29, 1.82) is 0 Å². The Labute approximate surface area is 116 Å². The van der Waals surface area contributed by atoms with Crippen molar-refractivity contribution in [2.75, 3.05) is 11.9 Å². The molecule has 0 aromatic heterocycles. The van der Waals surface area contributed by atoms with Crippen LogP contribution in [0, 0.1) is 34.6 Å². The summed E-state index contributed by atoms with van der Waals surface area (Å²) < 4.78 is 0. The molecule has 0 heterocycles. The van der Waals surface area contributed by atoms with Crippen molar-refractivity contribution in [2.45, 2.75) is 34.6 Å². The Morgan fingerprint density at radius 1 is 0.632 bits per heavy atom. The van der Waals surface area contributed by atoms with Gasteiger partial charge in [0.05, 0.1) is 0 Å². The minimum atomic E-state index is 1.25. The summed E-state index contributed by atoms with van der Waals surface area (Å²) in [6.07, 6.45) is 0. The van der Waals surface area contributed by atoms with Gasteiger partial charge in [0.15, 0.2) is 0 Å². The van der Waals surface area contributed by atoms with Crippen LogP contribution < -0.4 is 4.90 Å². The summed E-state index contributed by atoms with van der Waals surface area (Å²) in [5.41, 5.74) is 9.18. The number of hydrogen-bond donors (Lipinski definition) is 0. The van der Waals surface area contributed by atoms with Crippen molar-refractivity contribution in [3.05, 3.63) is 58.1 Å². The Morgan fingerprint density at radius 3 is 1.74 bits per heavy atom. The molecular formula is C18H23N. The van der Waals surface area contributed by atoms with Gasteiger partial charge in [-0.3, -0.25) is 0 Å². The van der Waals surface area contributed by atoms with E-state index in [1.165, 1.54) is 39.2 Å². The average molecular weight is 253 g/mol. The van der Waals surface area contributed by atoms with Crippen LogP contribution >= 0.6 is 0 Å². The second-order valence-corrected chi connectivity index (χ2v) is 5.63. The van der Waals surface area contributed by atoms with E-state index in [0.29, 0.717) is 0 Å². The summed E-state index contributed by atoms with van der Waals surface area (Å²) in [5.74, 6) is 0. The van der Waals surface area contributed by atoms with Gasteiger partial charge in [-0.2, -0.15) is 0 Å². The lowest BCUT2D eigenvalue weighted by Gasteiger charge is -2.24. The van der Waals surface area contributed by atoms with Crippen molar-refractivity contribution >= 4 is 11.4 Å². The van der Waals surface area contributed by atoms with Crippen LogP contribution in [0.3, 0.4) is 0 Å². The number of benzene rings is 2. The molecule has 0 spiro atoms. The highest BCUT2D eigenvalue weighted by molar-refractivity contribution is 5.68. The van der Waals surface area contributed by atoms with Gasteiger partial charge >= 0.3 is 0 Å². The zero-order valence-electron chi connectivity index (χ0n) is 12.8. The van der Waals surface area contributed by atoms with E-state index in [-0.39, 0.29) is 0 Å². The second kappa shape index (κ2) is 5.08. The summed E-state index contributed by atoms with van der Waals surface area (Å²) in [6, 6.07) is 11.2. The van der Waals surface area contributed by atoms with Crippen LogP contribution in [0.25, 0.3) is 0 Å². The number of rotatable bonds is 2. The fourth-order valence-electron chi connectivity index (χ4n) is 2.59. The monoisotopic (exact) mass is 253 g/mol. The predicted octanol–water partition coefficient (Wildman–Crippen LogP) is 5.00. The molecule has 0 atom stereocenters. The molecule has 0 aliphatic rings. The molecule has 0 aliphatic carbocycles. The Kier molecular flexibility index (Phi) is 3.66. The maximum Gasteiger partial charge on any atom is 0.0440 e. The van der Waals surface area contributed by atoms with Crippen LogP contribution in [-0.4, -0.2) is 7.05 Å². The Balaban J connectivity index is 2.49. The first-order chi connectivity index (χ1) is 8.88. The van der Waals surface area contributed by atoms with Crippen molar-refractivity contribution in [2.24, 2.45) is 0 Å². The average Bonchev–Trinajstić information content (AvgIpc) is 2.31. The first-order valence-electron chi connectivity index (χ1n) is 6.78. The third kappa shape index (κ3) is 2.81. The molecule has 1 heteroatoms. The third-order valence-corrected chi connectivity index (χ3v) is 3.77. The van der Waals surface area contributed by atoms with E-state index < -0.39 is 0 Å². The van der Waals surface area contributed by atoms with Gasteiger partial charge in [-0.15, -0.1) is 0 Å². The maximum atomic E-state index is 2.28. The van der Waals surface area contributed by atoms with Gasteiger partial charge in [-0.25, -0.2) is 0 Å². The Bertz CT molecular complexity index is 591. The Hall–Kier alpha value is -1.76. The summed E-state index contributed by atoms with van der Waals surface area (Å²) in [4.78, 5) is 2.28. The minimum Gasteiger partial charge on any atom is -0.344 e. The van der Waals surface area contributed by atoms with Crippen LogP contribution in [-0.2, 0) is 0 Å². The van der Waals surface area contributed by atoms with Gasteiger partial charge < -0.3 is 4.90 Å². The zero-order valence-corrected chi connectivity index (χ0v) is 12.8. The summed E-state index contributed by atoms with van der Waals surface area (Å²) >= 11 is 0. The van der Waals surface area contributed by atoms with Crippen molar-refractivity contribution in [3.8, 4) is 0 Å². The fourth-order valence-corrected chi connectivity index (χ4v) is 2.59. The lowest BCUT2D eigenvalue weighted by atomic mass is 10.0. The van der Waals surface area contributed by atoms with Gasteiger partial charge in [-0.1, -0.05) is 12.1 Å². The lowest BCUT2D eigenvalue weighted by Crippen LogP contribution is -2.12. The predicted molar refractivity (Wildman–Crippen MR) is 84.6 cm³/mol. The van der Waals surface area contributed by atoms with E-state index in [0.717, 1.165) is 0 Å². The molecule has 0 fully saturated rings. The van der Waals surface area contributed by atoms with Gasteiger partial charge in [0, 0.05) is 18.4 Å². The molecule has 0 unspecified atom stereocenters. The standard InChI is InChI=1S/C18H23N/c1-12-7-13(2)9-17(8-12)19(6)18-11-15(4)14(3)10-16(18)5/h7-11H,1-6H3. The molecule has 100 valence electrons. The summed E-state index contributed by atoms with van der Waals surface area (Å²) in [7, 11) is 2.14. The second-order valence-electron chi connectivity index (χ2n) is 5.63. The molecule has 2 aromatic carbocycles. The first-order valence-corrected chi connectivity index (χ1v) is 6.78. The smallest absolute Gasteiger partial charge is 0.0440 e. The number of nitrogens with zero attached hydrogens (tertiary/aromatic N) is 1. The molecule has 19 heavy (non-hydrogen) atoms. The SMILES string of the molecule is Cc1cc(C)cc(N(C)c2cc(C)c(C)cc2C)c1. The zero-order chi connectivity index (χ0) is 14.2. The highest BCUT2D eigenvalue weighted by Crippen LogP contribution is 2.30. The molecule has 0 aliphatic heterocycles. The van der Waals surface area contributed by atoms with Gasteiger partial charge in [-0.05, 0) is 80.6 Å². The van der Waals surface area contributed by atoms with Gasteiger partial charge in [0.2, 0.25) is 0 Å². The van der Waals surface area contributed by atoms with E-state index in [4.69, 9.17) is 0 Å². The molecule has 0 saturated heterocycles. The Morgan fingerprint density at radius 2 is 1.16 bits per heavy atom. The molecule has 0 N–H and O–H groups in total. The van der Waals surface area contributed by atoms with Gasteiger partial charge in [0.1, 0.15) is 0 Å². The molecule has 1 nitrogen and oxygen atoms in total. The quantitative estimate of drug-likeness (QED) is 0.728. The molecular weight excluding hydrogens is 230 g/mol. The highest BCUT2D eigenvalue weighted by Gasteiger charge is 2.09. The molecule has 0 radical (unpaired) electrons. The molecule has 0 saturated carbocycles. The minimum absolute atomic E-state index is 1.25. The summed E-state index contributed by atoms with van der Waals surface area (Å²) in [5, 5.41) is 0. The van der Waals surface area contributed by atoms with E-state index in [1.54, 1.807) is 0 Å². The maximum absolute atomic E-state index is 2.28. The van der Waals surface area contributed by atoms with Crippen LogP contribution in [0.1, 0.15) is 27.8 Å². The number of aryl methyl sites for hydroxylation is 5. The molecule has 0 bridgehead atoms. The van der Waals surface area contributed by atoms with E-state index in [1.807, 2.05) is 0 Å². The number of anilines is 2. The normalized spacial score (nSPS) is 10.6. The summed E-state index contributed by atoms with van der Waals surface area (Å²) in [6.45, 7) is 10.8. The molecule has 2 rings (SSSR count). The lowest BCUT2D eigenvalue weighted by molar-refractivity contribution is 1.15. The number of hydrogen-bond acceptors (Lipinski definition) is 1. The van der Waals surface area contributed by atoms with E-state index in [2.05, 4.69) is 76.9 Å². The van der Waals surface area contributed by atoms with Crippen molar-refractivity contribution in [1.82, 2.24) is 0 Å². The van der Waals surface area contributed by atoms with Crippen molar-refractivity contribution in [3.63, 3.8) is 0 Å². The fraction of sp³-hybridized carbons (Fsp3) is 0.333. The van der Waals surface area contributed by atoms with Crippen LogP contribution in [0.4, 0.5) is 11.4 Å². The first kappa shape index (κ1) is 13.7. The van der Waals surface area contributed by atoms with Gasteiger partial charge in [0.25, 0.3) is 0 Å². The van der Waals surface area contributed by atoms with E-state index in [9.17, 15) is 0 Å². The van der Waals surface area contributed by atoms with Crippen LogP contribution in [0.5, 0.6) is 0 Å². The highest BCUT2D eigenvalue weighted by atomic mass is 15.1.